The fraction of sp³-hybridized carbons (Fsp3) is 0.720. The Labute approximate surface area is 186 Å². The van der Waals surface area contributed by atoms with E-state index in [0.29, 0.717) is 41.4 Å². The van der Waals surface area contributed by atoms with Gasteiger partial charge in [-0.3, -0.25) is 0 Å². The summed E-state index contributed by atoms with van der Waals surface area (Å²) in [6, 6.07) is 3.97. The summed E-state index contributed by atoms with van der Waals surface area (Å²) in [4.78, 5) is 14.6. The molecule has 2 saturated heterocycles. The SMILES string of the molecule is COc1cc(C(=O)OC[C@H]2CCC[NH+]3C[C@@H](C4CCCCC4)C[C@H]23)cc(OC)c1OC. The van der Waals surface area contributed by atoms with Gasteiger partial charge in [0.05, 0.1) is 46.0 Å². The number of hydrogen-bond donors (Lipinski definition) is 1. The molecule has 0 radical (unpaired) electrons. The van der Waals surface area contributed by atoms with Crippen LogP contribution in [0.4, 0.5) is 0 Å². The molecule has 1 saturated carbocycles. The monoisotopic (exact) mass is 432 g/mol. The van der Waals surface area contributed by atoms with Crippen LogP contribution in [0.2, 0.25) is 0 Å². The maximum absolute atomic E-state index is 12.8. The van der Waals surface area contributed by atoms with E-state index in [-0.39, 0.29) is 5.97 Å². The van der Waals surface area contributed by atoms with Crippen molar-refractivity contribution < 1.29 is 28.6 Å². The number of ether oxygens (including phenoxy) is 4. The minimum absolute atomic E-state index is 0.326. The van der Waals surface area contributed by atoms with E-state index in [1.807, 2.05) is 0 Å². The summed E-state index contributed by atoms with van der Waals surface area (Å²) in [6.45, 7) is 3.11. The standard InChI is InChI=1S/C25H37NO5/c1-28-22-13-19(14-23(29-2)24(22)30-3)25(27)31-16-18-10-7-11-26-15-20(12-21(18)26)17-8-5-4-6-9-17/h13-14,17-18,20-21H,4-12,15-16H2,1-3H3/p+1/t18-,20+,21-/m1/s1. The zero-order valence-corrected chi connectivity index (χ0v) is 19.3. The van der Waals surface area contributed by atoms with Crippen LogP contribution in [-0.2, 0) is 4.74 Å². The highest BCUT2D eigenvalue weighted by atomic mass is 16.5. The zero-order valence-electron chi connectivity index (χ0n) is 19.3. The van der Waals surface area contributed by atoms with Gasteiger partial charge in [0.25, 0.3) is 0 Å². The molecule has 6 nitrogen and oxygen atoms in total. The molecule has 3 aliphatic rings. The Hall–Kier alpha value is -1.95. The van der Waals surface area contributed by atoms with Crippen LogP contribution < -0.4 is 19.1 Å². The lowest BCUT2D eigenvalue weighted by Crippen LogP contribution is -3.15. The van der Waals surface area contributed by atoms with Crippen molar-refractivity contribution in [2.45, 2.75) is 57.4 Å². The Morgan fingerprint density at radius 1 is 0.935 bits per heavy atom. The summed E-state index contributed by atoms with van der Waals surface area (Å²) in [5.41, 5.74) is 0.431. The van der Waals surface area contributed by atoms with Crippen molar-refractivity contribution in [2.75, 3.05) is 41.0 Å². The zero-order chi connectivity index (χ0) is 21.8. The largest absolute Gasteiger partial charge is 0.493 e. The van der Waals surface area contributed by atoms with Crippen LogP contribution >= 0.6 is 0 Å². The molecule has 2 heterocycles. The van der Waals surface area contributed by atoms with Crippen LogP contribution in [0.5, 0.6) is 17.2 Å². The molecule has 31 heavy (non-hydrogen) atoms. The summed E-state index contributed by atoms with van der Waals surface area (Å²) >= 11 is 0. The normalized spacial score (nSPS) is 28.6. The minimum atomic E-state index is -0.326. The molecule has 1 aromatic rings. The van der Waals surface area contributed by atoms with Gasteiger partial charge in [-0.25, -0.2) is 4.79 Å². The molecule has 6 heteroatoms. The van der Waals surface area contributed by atoms with Crippen molar-refractivity contribution in [3.8, 4) is 17.2 Å². The lowest BCUT2D eigenvalue weighted by Gasteiger charge is -2.33. The molecule has 172 valence electrons. The summed E-state index contributed by atoms with van der Waals surface area (Å²) in [5.74, 6) is 3.34. The summed E-state index contributed by atoms with van der Waals surface area (Å²) in [7, 11) is 4.65. The highest BCUT2D eigenvalue weighted by Crippen LogP contribution is 2.39. The summed E-state index contributed by atoms with van der Waals surface area (Å²) in [6.07, 6.45) is 10.8. The smallest absolute Gasteiger partial charge is 0.338 e. The number of hydrogen-bond acceptors (Lipinski definition) is 5. The molecule has 4 atom stereocenters. The number of carbonyl (C=O) groups excluding carboxylic acids is 1. The van der Waals surface area contributed by atoms with E-state index in [0.717, 1.165) is 18.3 Å². The van der Waals surface area contributed by atoms with E-state index in [9.17, 15) is 4.79 Å². The van der Waals surface area contributed by atoms with Gasteiger partial charge >= 0.3 is 5.97 Å². The quantitative estimate of drug-likeness (QED) is 0.671. The van der Waals surface area contributed by atoms with Gasteiger partial charge in [-0.1, -0.05) is 19.3 Å². The Kier molecular flexibility index (Phi) is 7.26. The first kappa shape index (κ1) is 22.3. The number of fused-ring (bicyclic) bond motifs is 1. The number of nitrogens with one attached hydrogen (secondary N) is 1. The first-order valence-corrected chi connectivity index (χ1v) is 12.0. The molecule has 1 N–H and O–H groups in total. The second-order valence-corrected chi connectivity index (χ2v) is 9.53. The predicted molar refractivity (Wildman–Crippen MR) is 118 cm³/mol. The molecule has 4 rings (SSSR count). The van der Waals surface area contributed by atoms with Crippen molar-refractivity contribution >= 4 is 5.97 Å². The van der Waals surface area contributed by atoms with Crippen LogP contribution in [0.15, 0.2) is 12.1 Å². The number of carbonyl (C=O) groups is 1. The van der Waals surface area contributed by atoms with E-state index in [4.69, 9.17) is 18.9 Å². The summed E-state index contributed by atoms with van der Waals surface area (Å²) in [5, 5.41) is 0. The topological polar surface area (TPSA) is 58.4 Å². The van der Waals surface area contributed by atoms with E-state index in [2.05, 4.69) is 0 Å². The second-order valence-electron chi connectivity index (χ2n) is 9.53. The summed E-state index contributed by atoms with van der Waals surface area (Å²) < 4.78 is 21.9. The maximum atomic E-state index is 12.8. The number of rotatable bonds is 7. The number of benzene rings is 1. The number of piperidine rings is 1. The van der Waals surface area contributed by atoms with E-state index < -0.39 is 0 Å². The van der Waals surface area contributed by atoms with Crippen LogP contribution in [0, 0.1) is 17.8 Å². The number of methoxy groups -OCH3 is 3. The van der Waals surface area contributed by atoms with E-state index >= 15 is 0 Å². The second kappa shape index (κ2) is 10.1. The van der Waals surface area contributed by atoms with Crippen LogP contribution in [-0.4, -0.2) is 53.0 Å². The first-order valence-electron chi connectivity index (χ1n) is 12.0. The number of quaternary nitrogens is 1. The van der Waals surface area contributed by atoms with Gasteiger partial charge in [0.1, 0.15) is 6.61 Å². The lowest BCUT2D eigenvalue weighted by molar-refractivity contribution is -0.923. The average Bonchev–Trinajstić information content (AvgIpc) is 3.27. The van der Waals surface area contributed by atoms with Crippen LogP contribution in [0.3, 0.4) is 0 Å². The molecule has 1 unspecified atom stereocenters. The molecular weight excluding hydrogens is 394 g/mol. The highest BCUT2D eigenvalue weighted by Gasteiger charge is 2.45. The van der Waals surface area contributed by atoms with Crippen molar-refractivity contribution in [2.24, 2.45) is 17.8 Å². The van der Waals surface area contributed by atoms with Crippen LogP contribution in [0.1, 0.15) is 61.7 Å². The van der Waals surface area contributed by atoms with Gasteiger partial charge < -0.3 is 23.8 Å². The third kappa shape index (κ3) is 4.79. The molecule has 0 bridgehead atoms. The lowest BCUT2D eigenvalue weighted by atomic mass is 9.78. The molecular formula is C25H38NO5+. The molecule has 1 aliphatic carbocycles. The van der Waals surface area contributed by atoms with Gasteiger partial charge in [-0.05, 0) is 43.7 Å². The fourth-order valence-electron chi connectivity index (χ4n) is 6.30. The third-order valence-electron chi connectivity index (χ3n) is 7.89. The van der Waals surface area contributed by atoms with Crippen molar-refractivity contribution in [3.63, 3.8) is 0 Å². The Morgan fingerprint density at radius 3 is 2.29 bits per heavy atom. The molecule has 0 amide bonds. The van der Waals surface area contributed by atoms with Crippen molar-refractivity contribution in [1.29, 1.82) is 0 Å². The molecule has 0 spiro atoms. The van der Waals surface area contributed by atoms with E-state index in [1.54, 1.807) is 38.4 Å². The number of esters is 1. The fourth-order valence-corrected chi connectivity index (χ4v) is 6.30. The Morgan fingerprint density at radius 2 is 1.65 bits per heavy atom. The third-order valence-corrected chi connectivity index (χ3v) is 7.89. The van der Waals surface area contributed by atoms with Gasteiger partial charge in [0.15, 0.2) is 11.5 Å². The molecule has 3 fully saturated rings. The van der Waals surface area contributed by atoms with Crippen LogP contribution in [0.25, 0.3) is 0 Å². The average molecular weight is 433 g/mol. The predicted octanol–water partition coefficient (Wildman–Crippen LogP) is 3.13. The van der Waals surface area contributed by atoms with Gasteiger partial charge in [0.2, 0.25) is 5.75 Å². The first-order chi connectivity index (χ1) is 15.1. The van der Waals surface area contributed by atoms with E-state index in [1.165, 1.54) is 58.0 Å². The molecule has 0 aromatic heterocycles. The maximum Gasteiger partial charge on any atom is 0.338 e. The van der Waals surface area contributed by atoms with Gasteiger partial charge in [0, 0.05) is 18.3 Å². The highest BCUT2D eigenvalue weighted by molar-refractivity contribution is 5.91. The Balaban J connectivity index is 1.39. The Bertz CT molecular complexity index is 735. The molecule has 2 aliphatic heterocycles. The van der Waals surface area contributed by atoms with Crippen molar-refractivity contribution in [3.05, 3.63) is 17.7 Å². The molecule has 1 aromatic carbocycles. The van der Waals surface area contributed by atoms with Gasteiger partial charge in [-0.2, -0.15) is 0 Å². The van der Waals surface area contributed by atoms with Crippen molar-refractivity contribution in [1.82, 2.24) is 0 Å². The minimum Gasteiger partial charge on any atom is -0.493 e. The van der Waals surface area contributed by atoms with Gasteiger partial charge in [-0.15, -0.1) is 0 Å².